The lowest BCUT2D eigenvalue weighted by Crippen LogP contribution is -2.31. The van der Waals surface area contributed by atoms with Crippen LogP contribution >= 0.6 is 0 Å². The lowest BCUT2D eigenvalue weighted by Gasteiger charge is -2.10. The Morgan fingerprint density at radius 3 is 3.00 bits per heavy atom. The summed E-state index contributed by atoms with van der Waals surface area (Å²) >= 11 is 0. The minimum atomic E-state index is 0.702. The van der Waals surface area contributed by atoms with Crippen LogP contribution in [-0.2, 0) is 0 Å². The zero-order valence-electron chi connectivity index (χ0n) is 8.06. The molecular weight excluding hydrogens is 148 g/mol. The van der Waals surface area contributed by atoms with Gasteiger partial charge in [-0.15, -0.1) is 11.8 Å². The van der Waals surface area contributed by atoms with Crippen molar-refractivity contribution in [3.63, 3.8) is 0 Å². The Balaban J connectivity index is 2.03. The third-order valence-corrected chi connectivity index (χ3v) is 2.25. The zero-order valence-corrected chi connectivity index (χ0v) is 8.06. The van der Waals surface area contributed by atoms with Crippen molar-refractivity contribution in [2.24, 2.45) is 0 Å². The van der Waals surface area contributed by atoms with Gasteiger partial charge in [-0.3, -0.25) is 0 Å². The van der Waals surface area contributed by atoms with Crippen LogP contribution in [0.2, 0.25) is 0 Å². The van der Waals surface area contributed by atoms with Crippen molar-refractivity contribution in [3.05, 3.63) is 0 Å². The van der Waals surface area contributed by atoms with E-state index >= 15 is 0 Å². The molecule has 1 saturated heterocycles. The molecule has 1 aliphatic rings. The molecule has 0 aromatic carbocycles. The van der Waals surface area contributed by atoms with Crippen LogP contribution < -0.4 is 5.32 Å². The van der Waals surface area contributed by atoms with Gasteiger partial charge in [0.2, 0.25) is 0 Å². The molecule has 1 heterocycles. The first-order valence-corrected chi connectivity index (χ1v) is 4.64. The Morgan fingerprint density at radius 2 is 2.42 bits per heavy atom. The molecule has 12 heavy (non-hydrogen) atoms. The minimum Gasteiger partial charge on any atom is -0.312 e. The lowest BCUT2D eigenvalue weighted by molar-refractivity contribution is 0.399. The summed E-state index contributed by atoms with van der Waals surface area (Å²) in [6.07, 6.45) is 2.27. The SMILES string of the molecule is CC#CCCNC1CCN(C)C1. The Morgan fingerprint density at radius 1 is 1.58 bits per heavy atom. The number of likely N-dealkylation sites (N-methyl/N-ethyl adjacent to an activating group) is 1. The Hall–Kier alpha value is -0.520. The average Bonchev–Trinajstić information content (AvgIpc) is 2.45. The van der Waals surface area contributed by atoms with Gasteiger partial charge in [0.05, 0.1) is 0 Å². The maximum Gasteiger partial charge on any atom is 0.0214 e. The highest BCUT2D eigenvalue weighted by Crippen LogP contribution is 2.05. The predicted molar refractivity (Wildman–Crippen MR) is 52.0 cm³/mol. The van der Waals surface area contributed by atoms with Gasteiger partial charge in [-0.25, -0.2) is 0 Å². The summed E-state index contributed by atoms with van der Waals surface area (Å²) in [6.45, 7) is 5.36. The van der Waals surface area contributed by atoms with Crippen LogP contribution in [0.25, 0.3) is 0 Å². The Bertz CT molecular complexity index is 178. The van der Waals surface area contributed by atoms with E-state index in [0.29, 0.717) is 6.04 Å². The van der Waals surface area contributed by atoms with E-state index in [-0.39, 0.29) is 0 Å². The second kappa shape index (κ2) is 5.18. The molecule has 68 valence electrons. The molecule has 1 atom stereocenters. The summed E-state index contributed by atoms with van der Waals surface area (Å²) in [7, 11) is 2.17. The first kappa shape index (κ1) is 9.57. The fourth-order valence-electron chi connectivity index (χ4n) is 1.57. The quantitative estimate of drug-likeness (QED) is 0.490. The van der Waals surface area contributed by atoms with E-state index in [4.69, 9.17) is 0 Å². The Labute approximate surface area is 75.3 Å². The summed E-state index contributed by atoms with van der Waals surface area (Å²) in [5.41, 5.74) is 0. The van der Waals surface area contributed by atoms with Gasteiger partial charge in [-0.2, -0.15) is 0 Å². The highest BCUT2D eigenvalue weighted by molar-refractivity contribution is 4.95. The molecule has 1 rings (SSSR count). The molecule has 1 unspecified atom stereocenters. The number of likely N-dealkylation sites (tertiary alicyclic amines) is 1. The van der Waals surface area contributed by atoms with Crippen LogP contribution in [0.5, 0.6) is 0 Å². The van der Waals surface area contributed by atoms with E-state index in [2.05, 4.69) is 29.1 Å². The maximum absolute atomic E-state index is 3.50. The molecule has 0 bridgehead atoms. The van der Waals surface area contributed by atoms with Crippen LogP contribution in [0.4, 0.5) is 0 Å². The fraction of sp³-hybridized carbons (Fsp3) is 0.800. The first-order chi connectivity index (χ1) is 5.83. The van der Waals surface area contributed by atoms with E-state index in [1.807, 2.05) is 6.92 Å². The summed E-state index contributed by atoms with van der Waals surface area (Å²) in [4.78, 5) is 2.36. The van der Waals surface area contributed by atoms with Gasteiger partial charge in [0, 0.05) is 25.6 Å². The van der Waals surface area contributed by atoms with Gasteiger partial charge in [0.25, 0.3) is 0 Å². The number of hydrogen-bond donors (Lipinski definition) is 1. The minimum absolute atomic E-state index is 0.702. The van der Waals surface area contributed by atoms with Crippen molar-refractivity contribution in [1.29, 1.82) is 0 Å². The molecule has 0 radical (unpaired) electrons. The lowest BCUT2D eigenvalue weighted by atomic mass is 10.2. The van der Waals surface area contributed by atoms with Crippen molar-refractivity contribution in [2.75, 3.05) is 26.7 Å². The molecule has 0 aromatic rings. The highest BCUT2D eigenvalue weighted by Gasteiger charge is 2.17. The number of nitrogens with one attached hydrogen (secondary N) is 1. The molecule has 2 nitrogen and oxygen atoms in total. The number of hydrogen-bond acceptors (Lipinski definition) is 2. The largest absolute Gasteiger partial charge is 0.312 e. The molecule has 1 aliphatic heterocycles. The molecular formula is C10H18N2. The topological polar surface area (TPSA) is 15.3 Å². The second-order valence-corrected chi connectivity index (χ2v) is 3.38. The summed E-state index contributed by atoms with van der Waals surface area (Å²) in [5, 5.41) is 3.50. The normalized spacial score (nSPS) is 23.7. The fourth-order valence-corrected chi connectivity index (χ4v) is 1.57. The van der Waals surface area contributed by atoms with Crippen molar-refractivity contribution in [1.82, 2.24) is 10.2 Å². The van der Waals surface area contributed by atoms with Crippen LogP contribution in [0.3, 0.4) is 0 Å². The van der Waals surface area contributed by atoms with Crippen LogP contribution in [0, 0.1) is 11.8 Å². The van der Waals surface area contributed by atoms with Crippen LogP contribution in [-0.4, -0.2) is 37.6 Å². The predicted octanol–water partition coefficient (Wildman–Crippen LogP) is 0.694. The van der Waals surface area contributed by atoms with Gasteiger partial charge >= 0.3 is 0 Å². The first-order valence-electron chi connectivity index (χ1n) is 4.64. The maximum atomic E-state index is 3.50. The van der Waals surface area contributed by atoms with Gasteiger partial charge < -0.3 is 10.2 Å². The van der Waals surface area contributed by atoms with Gasteiger partial charge in [-0.05, 0) is 26.9 Å². The summed E-state index contributed by atoms with van der Waals surface area (Å²) < 4.78 is 0. The average molecular weight is 166 g/mol. The Kier molecular flexibility index (Phi) is 4.13. The highest BCUT2D eigenvalue weighted by atomic mass is 15.2. The van der Waals surface area contributed by atoms with Crippen molar-refractivity contribution >= 4 is 0 Å². The summed E-state index contributed by atoms with van der Waals surface area (Å²) in [6, 6.07) is 0.702. The molecule has 1 N–H and O–H groups in total. The van der Waals surface area contributed by atoms with E-state index in [1.165, 1.54) is 19.5 Å². The van der Waals surface area contributed by atoms with E-state index in [1.54, 1.807) is 0 Å². The zero-order chi connectivity index (χ0) is 8.81. The smallest absolute Gasteiger partial charge is 0.0214 e. The molecule has 0 saturated carbocycles. The second-order valence-electron chi connectivity index (χ2n) is 3.38. The monoisotopic (exact) mass is 166 g/mol. The van der Waals surface area contributed by atoms with Crippen LogP contribution in [0.1, 0.15) is 19.8 Å². The van der Waals surface area contributed by atoms with E-state index in [0.717, 1.165) is 13.0 Å². The van der Waals surface area contributed by atoms with Crippen molar-refractivity contribution in [3.8, 4) is 11.8 Å². The van der Waals surface area contributed by atoms with E-state index in [9.17, 15) is 0 Å². The third-order valence-electron chi connectivity index (χ3n) is 2.25. The third kappa shape index (κ3) is 3.25. The molecule has 2 heteroatoms. The van der Waals surface area contributed by atoms with Crippen molar-refractivity contribution < 1.29 is 0 Å². The molecule has 0 spiro atoms. The van der Waals surface area contributed by atoms with Gasteiger partial charge in [0.15, 0.2) is 0 Å². The molecule has 0 aromatic heterocycles. The summed E-state index contributed by atoms with van der Waals surface area (Å²) in [5.74, 6) is 5.96. The van der Waals surface area contributed by atoms with E-state index < -0.39 is 0 Å². The van der Waals surface area contributed by atoms with Crippen molar-refractivity contribution in [2.45, 2.75) is 25.8 Å². The van der Waals surface area contributed by atoms with Gasteiger partial charge in [-0.1, -0.05) is 0 Å². The molecule has 0 amide bonds. The molecule has 1 fully saturated rings. The standard InChI is InChI=1S/C10H18N2/c1-3-4-5-7-11-10-6-8-12(2)9-10/h10-11H,5-9H2,1-2H3. The molecule has 0 aliphatic carbocycles. The number of rotatable bonds is 3. The van der Waals surface area contributed by atoms with Crippen LogP contribution in [0.15, 0.2) is 0 Å². The van der Waals surface area contributed by atoms with Gasteiger partial charge in [0.1, 0.15) is 0 Å². The number of nitrogens with zero attached hydrogens (tertiary/aromatic N) is 1.